The molecule has 0 fully saturated rings. The number of thioether (sulfide) groups is 1. The third-order valence-electron chi connectivity index (χ3n) is 5.06. The van der Waals surface area contributed by atoms with Crippen LogP contribution in [0.3, 0.4) is 0 Å². The van der Waals surface area contributed by atoms with E-state index >= 15 is 0 Å². The monoisotopic (exact) mass is 453 g/mol. The van der Waals surface area contributed by atoms with Gasteiger partial charge in [0.25, 0.3) is 5.56 Å². The first-order valence-electron chi connectivity index (χ1n) is 10.4. The Morgan fingerprint density at radius 2 is 1.58 bits per heavy atom. The molecule has 0 bridgehead atoms. The van der Waals surface area contributed by atoms with Crippen molar-refractivity contribution in [3.63, 3.8) is 0 Å². The molecule has 0 radical (unpaired) electrons. The van der Waals surface area contributed by atoms with E-state index in [2.05, 4.69) is 15.4 Å². The highest BCUT2D eigenvalue weighted by molar-refractivity contribution is 7.99. The number of nitrogens with one attached hydrogen (secondary N) is 1. The van der Waals surface area contributed by atoms with Crippen molar-refractivity contribution in [2.24, 2.45) is 0 Å². The molecule has 162 valence electrons. The van der Waals surface area contributed by atoms with Gasteiger partial charge in [0.2, 0.25) is 5.91 Å². The minimum absolute atomic E-state index is 0.121. The van der Waals surface area contributed by atoms with E-state index in [0.717, 1.165) is 10.9 Å². The summed E-state index contributed by atoms with van der Waals surface area (Å²) in [5.41, 5.74) is 2.63. The smallest absolute Gasteiger partial charge is 0.300 e. The van der Waals surface area contributed by atoms with Gasteiger partial charge in [-0.15, -0.1) is 0 Å². The first kappa shape index (κ1) is 20.8. The molecule has 0 spiro atoms. The minimum Gasteiger partial charge on any atom is -0.351 e. The summed E-state index contributed by atoms with van der Waals surface area (Å²) >= 11 is 1.25. The van der Waals surface area contributed by atoms with E-state index in [1.165, 1.54) is 11.8 Å². The van der Waals surface area contributed by atoms with Crippen LogP contribution in [-0.2, 0) is 11.3 Å². The van der Waals surface area contributed by atoms with Crippen LogP contribution >= 0.6 is 11.8 Å². The quantitative estimate of drug-likeness (QED) is 0.240. The Morgan fingerprint density at radius 3 is 2.36 bits per heavy atom. The number of fused-ring (bicyclic) bond motifs is 3. The van der Waals surface area contributed by atoms with Crippen molar-refractivity contribution in [3.05, 3.63) is 101 Å². The number of carbonyl (C=O) groups excluding carboxylic acids is 1. The molecule has 2 aromatic heterocycles. The number of rotatable bonds is 6. The van der Waals surface area contributed by atoms with Crippen LogP contribution in [-0.4, -0.2) is 31.2 Å². The second-order valence-electron chi connectivity index (χ2n) is 7.33. The topological polar surface area (TPSA) is 89.2 Å². The molecule has 3 aromatic carbocycles. The van der Waals surface area contributed by atoms with Gasteiger partial charge in [0.05, 0.1) is 11.3 Å². The van der Waals surface area contributed by atoms with E-state index in [9.17, 15) is 9.59 Å². The van der Waals surface area contributed by atoms with Gasteiger partial charge < -0.3 is 5.32 Å². The zero-order chi connectivity index (χ0) is 22.6. The Hall–Kier alpha value is -4.04. The second kappa shape index (κ2) is 9.22. The van der Waals surface area contributed by atoms with Crippen molar-refractivity contribution in [1.82, 2.24) is 24.9 Å². The largest absolute Gasteiger partial charge is 0.351 e. The van der Waals surface area contributed by atoms with Crippen molar-refractivity contribution in [2.75, 3.05) is 5.75 Å². The summed E-state index contributed by atoms with van der Waals surface area (Å²) in [7, 11) is 0. The third-order valence-corrected chi connectivity index (χ3v) is 5.99. The van der Waals surface area contributed by atoms with Crippen LogP contribution in [0.5, 0.6) is 0 Å². The Kier molecular flexibility index (Phi) is 5.82. The lowest BCUT2D eigenvalue weighted by atomic mass is 10.2. The van der Waals surface area contributed by atoms with Crippen molar-refractivity contribution in [3.8, 4) is 11.3 Å². The zero-order valence-electron chi connectivity index (χ0n) is 17.5. The molecule has 1 N–H and O–H groups in total. The summed E-state index contributed by atoms with van der Waals surface area (Å²) in [4.78, 5) is 34.3. The molecule has 5 rings (SSSR count). The summed E-state index contributed by atoms with van der Waals surface area (Å²) in [5.74, 6) is 0.0334. The Morgan fingerprint density at radius 1 is 0.879 bits per heavy atom. The van der Waals surface area contributed by atoms with Gasteiger partial charge in [-0.25, -0.2) is 4.98 Å². The first-order chi connectivity index (χ1) is 16.2. The summed E-state index contributed by atoms with van der Waals surface area (Å²) in [6, 6.07) is 26.4. The van der Waals surface area contributed by atoms with Crippen molar-refractivity contribution < 1.29 is 4.79 Å². The molecule has 8 heteroatoms. The van der Waals surface area contributed by atoms with E-state index in [0.29, 0.717) is 28.4 Å². The van der Waals surface area contributed by atoms with E-state index in [4.69, 9.17) is 4.98 Å². The van der Waals surface area contributed by atoms with Gasteiger partial charge in [-0.2, -0.15) is 14.6 Å². The summed E-state index contributed by atoms with van der Waals surface area (Å²) < 4.78 is 1.56. The highest BCUT2D eigenvalue weighted by Crippen LogP contribution is 2.23. The molecule has 0 saturated carbocycles. The van der Waals surface area contributed by atoms with Gasteiger partial charge in [0.1, 0.15) is 0 Å². The van der Waals surface area contributed by atoms with Gasteiger partial charge in [-0.3, -0.25) is 9.59 Å². The lowest BCUT2D eigenvalue weighted by Gasteiger charge is -2.11. The van der Waals surface area contributed by atoms with Crippen LogP contribution in [0.25, 0.3) is 27.8 Å². The number of benzene rings is 3. The van der Waals surface area contributed by atoms with Crippen LogP contribution in [0.2, 0.25) is 0 Å². The molecule has 2 heterocycles. The standard InChI is InChI=1S/C25H19N5O2S/c31-21(26-15-17-9-3-1-4-10-17)16-33-25-27-20-14-8-7-13-19(20)23-28-24(32)22(29-30(23)25)18-11-5-2-6-12-18/h1-14H,15-16H2,(H,26,31). The minimum atomic E-state index is -0.408. The number of para-hydroxylation sites is 1. The van der Waals surface area contributed by atoms with Gasteiger partial charge >= 0.3 is 0 Å². The molecule has 33 heavy (non-hydrogen) atoms. The molecule has 0 aliphatic carbocycles. The van der Waals surface area contributed by atoms with Gasteiger partial charge in [0.15, 0.2) is 16.5 Å². The fourth-order valence-corrected chi connectivity index (χ4v) is 4.23. The zero-order valence-corrected chi connectivity index (χ0v) is 18.3. The number of hydrogen-bond donors (Lipinski definition) is 1. The maximum absolute atomic E-state index is 12.8. The van der Waals surface area contributed by atoms with Gasteiger partial charge in [-0.05, 0) is 17.7 Å². The number of nitrogens with zero attached hydrogens (tertiary/aromatic N) is 4. The van der Waals surface area contributed by atoms with E-state index in [1.807, 2.05) is 84.9 Å². The SMILES string of the molecule is O=C(CSc1nc2ccccc2c2nc(=O)c(-c3ccccc3)nn12)NCc1ccccc1. The molecular formula is C25H19N5O2S. The molecule has 0 aliphatic rings. The van der Waals surface area contributed by atoms with Gasteiger partial charge in [-0.1, -0.05) is 84.6 Å². The first-order valence-corrected chi connectivity index (χ1v) is 11.4. The number of aromatic nitrogens is 4. The van der Waals surface area contributed by atoms with Gasteiger partial charge in [0, 0.05) is 17.5 Å². The molecule has 0 atom stereocenters. The Balaban J connectivity index is 1.49. The average Bonchev–Trinajstić information content (AvgIpc) is 2.87. The predicted octanol–water partition coefficient (Wildman–Crippen LogP) is 3.71. The van der Waals surface area contributed by atoms with Crippen LogP contribution < -0.4 is 10.9 Å². The number of carbonyl (C=O) groups is 1. The van der Waals surface area contributed by atoms with Crippen LogP contribution in [0.4, 0.5) is 0 Å². The van der Waals surface area contributed by atoms with E-state index in [1.54, 1.807) is 4.52 Å². The molecule has 5 aromatic rings. The fraction of sp³-hybridized carbons (Fsp3) is 0.0800. The molecule has 0 saturated heterocycles. The molecule has 1 amide bonds. The molecule has 7 nitrogen and oxygen atoms in total. The average molecular weight is 454 g/mol. The third kappa shape index (κ3) is 4.47. The Bertz CT molecular complexity index is 1500. The van der Waals surface area contributed by atoms with E-state index < -0.39 is 5.56 Å². The summed E-state index contributed by atoms with van der Waals surface area (Å²) in [6.07, 6.45) is 0. The Labute approximate surface area is 193 Å². The van der Waals surface area contributed by atoms with Crippen molar-refractivity contribution in [1.29, 1.82) is 0 Å². The molecule has 0 unspecified atom stereocenters. The maximum Gasteiger partial charge on any atom is 0.300 e. The number of hydrogen-bond acceptors (Lipinski definition) is 6. The molecule has 0 aliphatic heterocycles. The summed E-state index contributed by atoms with van der Waals surface area (Å²) in [6.45, 7) is 0.455. The van der Waals surface area contributed by atoms with Crippen molar-refractivity contribution >= 4 is 34.2 Å². The fourth-order valence-electron chi connectivity index (χ4n) is 3.45. The van der Waals surface area contributed by atoms with Crippen LogP contribution in [0, 0.1) is 0 Å². The van der Waals surface area contributed by atoms with Crippen LogP contribution in [0.15, 0.2) is 94.9 Å². The number of amides is 1. The molecular weight excluding hydrogens is 434 g/mol. The highest BCUT2D eigenvalue weighted by atomic mass is 32.2. The van der Waals surface area contributed by atoms with E-state index in [-0.39, 0.29) is 17.4 Å². The summed E-state index contributed by atoms with van der Waals surface area (Å²) in [5, 5.41) is 8.72. The predicted molar refractivity (Wildman–Crippen MR) is 129 cm³/mol. The normalized spacial score (nSPS) is 11.0. The van der Waals surface area contributed by atoms with Crippen molar-refractivity contribution in [2.45, 2.75) is 11.7 Å². The van der Waals surface area contributed by atoms with Crippen LogP contribution in [0.1, 0.15) is 5.56 Å². The second-order valence-corrected chi connectivity index (χ2v) is 8.27. The lowest BCUT2D eigenvalue weighted by molar-refractivity contribution is -0.118. The lowest BCUT2D eigenvalue weighted by Crippen LogP contribution is -2.25. The maximum atomic E-state index is 12.8. The highest BCUT2D eigenvalue weighted by Gasteiger charge is 2.16.